The van der Waals surface area contributed by atoms with Crippen LogP contribution in [0.25, 0.3) is 0 Å². The van der Waals surface area contributed by atoms with E-state index in [9.17, 15) is 4.79 Å². The molecule has 1 aliphatic heterocycles. The SMILES string of the molecule is O=C(NCCc1ccc(OCc2ccccc2)cc1)[C@@H]1CCCN1. The van der Waals surface area contributed by atoms with E-state index in [0.717, 1.165) is 37.1 Å². The van der Waals surface area contributed by atoms with Gasteiger partial charge >= 0.3 is 0 Å². The molecular formula is C20H24N2O2. The number of benzene rings is 2. The highest BCUT2D eigenvalue weighted by Gasteiger charge is 2.21. The number of hydrogen-bond donors (Lipinski definition) is 2. The van der Waals surface area contributed by atoms with Gasteiger partial charge in [-0.2, -0.15) is 0 Å². The van der Waals surface area contributed by atoms with Gasteiger partial charge in [-0.1, -0.05) is 42.5 Å². The summed E-state index contributed by atoms with van der Waals surface area (Å²) in [6, 6.07) is 18.2. The fourth-order valence-electron chi connectivity index (χ4n) is 2.85. The van der Waals surface area contributed by atoms with Crippen LogP contribution in [-0.4, -0.2) is 25.0 Å². The number of ether oxygens (including phenoxy) is 1. The second-order valence-electron chi connectivity index (χ2n) is 6.11. The molecule has 2 aromatic carbocycles. The van der Waals surface area contributed by atoms with Crippen LogP contribution in [0, 0.1) is 0 Å². The summed E-state index contributed by atoms with van der Waals surface area (Å²) in [6.45, 7) is 2.19. The fraction of sp³-hybridized carbons (Fsp3) is 0.350. The Hall–Kier alpha value is -2.33. The predicted octanol–water partition coefficient (Wildman–Crippen LogP) is 2.68. The number of carbonyl (C=O) groups is 1. The lowest BCUT2D eigenvalue weighted by Crippen LogP contribution is -2.41. The van der Waals surface area contributed by atoms with Gasteiger partial charge in [-0.3, -0.25) is 4.79 Å². The average Bonchev–Trinajstić information content (AvgIpc) is 3.17. The van der Waals surface area contributed by atoms with Crippen molar-refractivity contribution in [1.82, 2.24) is 10.6 Å². The Balaban J connectivity index is 1.40. The first-order chi connectivity index (χ1) is 11.8. The Labute approximate surface area is 143 Å². The first-order valence-corrected chi connectivity index (χ1v) is 8.58. The van der Waals surface area contributed by atoms with E-state index < -0.39 is 0 Å². The lowest BCUT2D eigenvalue weighted by molar-refractivity contribution is -0.122. The molecule has 1 atom stereocenters. The smallest absolute Gasteiger partial charge is 0.237 e. The Morgan fingerprint density at radius 2 is 1.88 bits per heavy atom. The molecule has 24 heavy (non-hydrogen) atoms. The van der Waals surface area contributed by atoms with Crippen LogP contribution in [0.5, 0.6) is 5.75 Å². The highest BCUT2D eigenvalue weighted by atomic mass is 16.5. The van der Waals surface area contributed by atoms with E-state index >= 15 is 0 Å². The molecule has 1 fully saturated rings. The highest BCUT2D eigenvalue weighted by molar-refractivity contribution is 5.81. The van der Waals surface area contributed by atoms with Gasteiger partial charge < -0.3 is 15.4 Å². The summed E-state index contributed by atoms with van der Waals surface area (Å²) >= 11 is 0. The van der Waals surface area contributed by atoms with E-state index in [4.69, 9.17) is 4.74 Å². The summed E-state index contributed by atoms with van der Waals surface area (Å²) in [4.78, 5) is 11.9. The number of carbonyl (C=O) groups excluding carboxylic acids is 1. The minimum absolute atomic E-state index is 0.00115. The molecule has 0 unspecified atom stereocenters. The number of amides is 1. The van der Waals surface area contributed by atoms with Gasteiger partial charge in [0.15, 0.2) is 0 Å². The molecule has 0 spiro atoms. The molecule has 0 aromatic heterocycles. The lowest BCUT2D eigenvalue weighted by atomic mass is 10.1. The normalized spacial score (nSPS) is 16.8. The van der Waals surface area contributed by atoms with E-state index in [1.165, 1.54) is 5.56 Å². The van der Waals surface area contributed by atoms with Crippen LogP contribution in [0.1, 0.15) is 24.0 Å². The molecule has 3 rings (SSSR count). The van der Waals surface area contributed by atoms with Gasteiger partial charge in [-0.25, -0.2) is 0 Å². The van der Waals surface area contributed by atoms with Gasteiger partial charge in [-0.05, 0) is 49.1 Å². The van der Waals surface area contributed by atoms with Crippen LogP contribution in [0.2, 0.25) is 0 Å². The van der Waals surface area contributed by atoms with Crippen molar-refractivity contribution >= 4 is 5.91 Å². The highest BCUT2D eigenvalue weighted by Crippen LogP contribution is 2.14. The van der Waals surface area contributed by atoms with Gasteiger partial charge in [0.25, 0.3) is 0 Å². The van der Waals surface area contributed by atoms with Gasteiger partial charge in [-0.15, -0.1) is 0 Å². The van der Waals surface area contributed by atoms with E-state index in [-0.39, 0.29) is 11.9 Å². The molecule has 0 saturated carbocycles. The minimum Gasteiger partial charge on any atom is -0.489 e. The molecule has 0 radical (unpaired) electrons. The lowest BCUT2D eigenvalue weighted by Gasteiger charge is -2.11. The molecule has 0 bridgehead atoms. The van der Waals surface area contributed by atoms with Crippen molar-refractivity contribution in [2.45, 2.75) is 31.9 Å². The summed E-state index contributed by atoms with van der Waals surface area (Å²) < 4.78 is 5.78. The first-order valence-electron chi connectivity index (χ1n) is 8.58. The maximum atomic E-state index is 11.9. The van der Waals surface area contributed by atoms with Crippen molar-refractivity contribution in [3.63, 3.8) is 0 Å². The summed E-state index contributed by atoms with van der Waals surface area (Å²) in [7, 11) is 0. The summed E-state index contributed by atoms with van der Waals surface area (Å²) in [5.41, 5.74) is 2.35. The summed E-state index contributed by atoms with van der Waals surface area (Å²) in [5.74, 6) is 0.983. The van der Waals surface area contributed by atoms with Crippen molar-refractivity contribution in [3.8, 4) is 5.75 Å². The van der Waals surface area contributed by atoms with Crippen LogP contribution in [0.4, 0.5) is 0 Å². The Morgan fingerprint density at radius 3 is 2.58 bits per heavy atom. The van der Waals surface area contributed by atoms with Gasteiger partial charge in [0.1, 0.15) is 12.4 Å². The van der Waals surface area contributed by atoms with E-state index in [0.29, 0.717) is 13.2 Å². The van der Waals surface area contributed by atoms with Crippen molar-refractivity contribution in [2.24, 2.45) is 0 Å². The predicted molar refractivity (Wildman–Crippen MR) is 95.0 cm³/mol. The van der Waals surface area contributed by atoms with Crippen molar-refractivity contribution in [1.29, 1.82) is 0 Å². The largest absolute Gasteiger partial charge is 0.489 e. The second kappa shape index (κ2) is 8.50. The molecule has 1 aliphatic rings. The summed E-state index contributed by atoms with van der Waals surface area (Å²) in [6.07, 6.45) is 2.86. The Morgan fingerprint density at radius 1 is 1.08 bits per heavy atom. The third-order valence-corrected chi connectivity index (χ3v) is 4.26. The number of nitrogens with one attached hydrogen (secondary N) is 2. The van der Waals surface area contributed by atoms with Crippen LogP contribution in [0.3, 0.4) is 0 Å². The molecule has 4 heteroatoms. The van der Waals surface area contributed by atoms with Crippen LogP contribution in [-0.2, 0) is 17.8 Å². The molecule has 4 nitrogen and oxygen atoms in total. The minimum atomic E-state index is -0.00115. The van der Waals surface area contributed by atoms with Crippen LogP contribution < -0.4 is 15.4 Å². The van der Waals surface area contributed by atoms with Crippen molar-refractivity contribution in [2.75, 3.05) is 13.1 Å². The molecule has 0 aliphatic carbocycles. The van der Waals surface area contributed by atoms with Crippen LogP contribution in [0.15, 0.2) is 54.6 Å². The second-order valence-corrected chi connectivity index (χ2v) is 6.11. The van der Waals surface area contributed by atoms with Gasteiger partial charge in [0.05, 0.1) is 6.04 Å². The fourth-order valence-corrected chi connectivity index (χ4v) is 2.85. The van der Waals surface area contributed by atoms with Crippen molar-refractivity contribution in [3.05, 3.63) is 65.7 Å². The van der Waals surface area contributed by atoms with Gasteiger partial charge in [0, 0.05) is 6.54 Å². The van der Waals surface area contributed by atoms with E-state index in [1.54, 1.807) is 0 Å². The maximum absolute atomic E-state index is 11.9. The zero-order valence-electron chi connectivity index (χ0n) is 13.8. The molecule has 1 heterocycles. The Bertz CT molecular complexity index is 634. The van der Waals surface area contributed by atoms with E-state index in [1.807, 2.05) is 30.3 Å². The first kappa shape index (κ1) is 16.5. The monoisotopic (exact) mass is 324 g/mol. The maximum Gasteiger partial charge on any atom is 0.237 e. The molecule has 1 amide bonds. The molecule has 2 N–H and O–H groups in total. The third-order valence-electron chi connectivity index (χ3n) is 4.26. The quantitative estimate of drug-likeness (QED) is 0.823. The van der Waals surface area contributed by atoms with E-state index in [2.05, 4.69) is 34.9 Å². The van der Waals surface area contributed by atoms with Gasteiger partial charge in [0.2, 0.25) is 5.91 Å². The number of rotatable bonds is 7. The Kier molecular flexibility index (Phi) is 5.85. The standard InChI is InChI=1S/C20H24N2O2/c23-20(19-7-4-13-21-19)22-14-12-16-8-10-18(11-9-16)24-15-17-5-2-1-3-6-17/h1-3,5-6,8-11,19,21H,4,7,12-15H2,(H,22,23)/t19-/m0/s1. The third kappa shape index (κ3) is 4.83. The zero-order valence-corrected chi connectivity index (χ0v) is 13.8. The molecular weight excluding hydrogens is 300 g/mol. The van der Waals surface area contributed by atoms with Crippen molar-refractivity contribution < 1.29 is 9.53 Å². The van der Waals surface area contributed by atoms with Crippen LogP contribution >= 0.6 is 0 Å². The zero-order chi connectivity index (χ0) is 16.6. The molecule has 1 saturated heterocycles. The molecule has 126 valence electrons. The summed E-state index contributed by atoms with van der Waals surface area (Å²) in [5, 5.41) is 6.21. The topological polar surface area (TPSA) is 50.4 Å². The number of hydrogen-bond acceptors (Lipinski definition) is 3. The molecule has 2 aromatic rings. The average molecular weight is 324 g/mol.